The molecule has 0 aromatic rings. The van der Waals surface area contributed by atoms with E-state index in [2.05, 4.69) is 16.7 Å². The van der Waals surface area contributed by atoms with E-state index in [0.717, 1.165) is 17.5 Å². The summed E-state index contributed by atoms with van der Waals surface area (Å²) >= 11 is 1.56. The summed E-state index contributed by atoms with van der Waals surface area (Å²) in [5, 5.41) is 0.879. The minimum absolute atomic E-state index is 0.781. The number of amidine groups is 2. The van der Waals surface area contributed by atoms with E-state index >= 15 is 0 Å². The second-order valence-electron chi connectivity index (χ2n) is 2.16. The molecule has 0 N–H and O–H groups in total. The standard InChI is InChI=1S/C8H16N3S/c1-6-10-7(2)11(4)8(9-3)12-5/h4,6H2,1-3,5H3/q+1. The second kappa shape index (κ2) is 5.94. The average Bonchev–Trinajstić information content (AvgIpc) is 2.07. The normalized spacial score (nSPS) is 13.3. The quantitative estimate of drug-likeness (QED) is 0.346. The Kier molecular flexibility index (Phi) is 5.62. The number of nitrogens with zero attached hydrogens (tertiary/aromatic N) is 3. The fraction of sp³-hybridized carbons (Fsp3) is 0.625. The molecule has 0 saturated carbocycles. The smallest absolute Gasteiger partial charge is 0.206 e. The molecule has 0 amide bonds. The first kappa shape index (κ1) is 11.4. The van der Waals surface area contributed by atoms with E-state index < -0.39 is 0 Å². The lowest BCUT2D eigenvalue weighted by atomic mass is 10.6. The molecule has 0 unspecified atom stereocenters. The van der Waals surface area contributed by atoms with Crippen molar-refractivity contribution in [1.82, 2.24) is 0 Å². The van der Waals surface area contributed by atoms with Gasteiger partial charge >= 0.3 is 0 Å². The van der Waals surface area contributed by atoms with Crippen molar-refractivity contribution in [3.8, 4) is 0 Å². The van der Waals surface area contributed by atoms with Crippen LogP contribution in [0.3, 0.4) is 0 Å². The molecule has 0 heterocycles. The number of rotatable bonds is 1. The number of aliphatic imine (C=N–C) groups is 2. The first-order chi connectivity index (χ1) is 5.67. The van der Waals surface area contributed by atoms with Crippen LogP contribution in [-0.2, 0) is 0 Å². The van der Waals surface area contributed by atoms with Gasteiger partial charge < -0.3 is 0 Å². The lowest BCUT2D eigenvalue weighted by Crippen LogP contribution is -2.21. The first-order valence-electron chi connectivity index (χ1n) is 3.79. The summed E-state index contributed by atoms with van der Waals surface area (Å²) in [7, 11) is 1.75. The average molecular weight is 186 g/mol. The van der Waals surface area contributed by atoms with Crippen LogP contribution in [0.2, 0.25) is 0 Å². The molecule has 4 heteroatoms. The van der Waals surface area contributed by atoms with Crippen molar-refractivity contribution >= 4 is 29.5 Å². The Morgan fingerprint density at radius 1 is 1.58 bits per heavy atom. The Labute approximate surface area is 78.3 Å². The topological polar surface area (TPSA) is 27.7 Å². The summed E-state index contributed by atoms with van der Waals surface area (Å²) < 4.78 is 1.74. The molecular weight excluding hydrogens is 170 g/mol. The maximum Gasteiger partial charge on any atom is 0.296 e. The molecule has 0 aliphatic carbocycles. The van der Waals surface area contributed by atoms with Gasteiger partial charge in [0.15, 0.2) is 0 Å². The molecule has 0 aromatic heterocycles. The van der Waals surface area contributed by atoms with Crippen LogP contribution in [0.4, 0.5) is 0 Å². The van der Waals surface area contributed by atoms with Gasteiger partial charge in [0.1, 0.15) is 0 Å². The molecule has 3 nitrogen and oxygen atoms in total. The molecule has 0 rings (SSSR count). The number of hydrogen-bond acceptors (Lipinski definition) is 3. The SMILES string of the molecule is C=[N+](C(C)=NCC)C(=NC)SC. The summed E-state index contributed by atoms with van der Waals surface area (Å²) in [6.07, 6.45) is 1.97. The van der Waals surface area contributed by atoms with E-state index in [1.807, 2.05) is 20.1 Å². The van der Waals surface area contributed by atoms with Crippen LogP contribution in [-0.4, -0.2) is 42.1 Å². The predicted molar refractivity (Wildman–Crippen MR) is 57.9 cm³/mol. The van der Waals surface area contributed by atoms with Crippen molar-refractivity contribution in [1.29, 1.82) is 0 Å². The van der Waals surface area contributed by atoms with E-state index in [4.69, 9.17) is 0 Å². The third-order valence-electron chi connectivity index (χ3n) is 1.38. The molecule has 0 saturated heterocycles. The third kappa shape index (κ3) is 3.17. The zero-order chi connectivity index (χ0) is 9.56. The summed E-state index contributed by atoms with van der Waals surface area (Å²) in [6.45, 7) is 8.56. The summed E-state index contributed by atoms with van der Waals surface area (Å²) in [5.41, 5.74) is 0. The van der Waals surface area contributed by atoms with Gasteiger partial charge in [-0.3, -0.25) is 0 Å². The minimum Gasteiger partial charge on any atom is -0.206 e. The van der Waals surface area contributed by atoms with Gasteiger partial charge in [0.05, 0.1) is 13.6 Å². The van der Waals surface area contributed by atoms with E-state index in [-0.39, 0.29) is 0 Å². The summed E-state index contributed by atoms with van der Waals surface area (Å²) in [4.78, 5) is 8.30. The zero-order valence-electron chi connectivity index (χ0n) is 8.16. The molecular formula is C8H16N3S+. The minimum atomic E-state index is 0.781. The highest BCUT2D eigenvalue weighted by Crippen LogP contribution is 1.99. The van der Waals surface area contributed by atoms with Gasteiger partial charge in [-0.1, -0.05) is 11.8 Å². The van der Waals surface area contributed by atoms with Crippen LogP contribution >= 0.6 is 11.8 Å². The van der Waals surface area contributed by atoms with Crippen LogP contribution in [0, 0.1) is 0 Å². The van der Waals surface area contributed by atoms with Crippen LogP contribution in [0.5, 0.6) is 0 Å². The Balaban J connectivity index is 4.49. The molecule has 0 radical (unpaired) electrons. The highest BCUT2D eigenvalue weighted by molar-refractivity contribution is 8.12. The summed E-state index contributed by atoms with van der Waals surface area (Å²) in [5.74, 6) is 0.896. The van der Waals surface area contributed by atoms with Gasteiger partial charge in [-0.15, -0.1) is 9.98 Å². The van der Waals surface area contributed by atoms with Crippen molar-refractivity contribution < 1.29 is 4.58 Å². The second-order valence-corrected chi connectivity index (χ2v) is 2.93. The molecule has 0 aromatic carbocycles. The van der Waals surface area contributed by atoms with Crippen LogP contribution < -0.4 is 0 Å². The first-order valence-corrected chi connectivity index (χ1v) is 5.02. The molecule has 0 fully saturated rings. The highest BCUT2D eigenvalue weighted by Gasteiger charge is 2.10. The largest absolute Gasteiger partial charge is 0.296 e. The van der Waals surface area contributed by atoms with Crippen molar-refractivity contribution in [3.05, 3.63) is 0 Å². The molecule has 0 aliphatic heterocycles. The monoisotopic (exact) mass is 186 g/mol. The van der Waals surface area contributed by atoms with Gasteiger partial charge in [0.25, 0.3) is 5.17 Å². The Morgan fingerprint density at radius 3 is 2.50 bits per heavy atom. The molecule has 0 bridgehead atoms. The van der Waals surface area contributed by atoms with Crippen LogP contribution in [0.25, 0.3) is 0 Å². The molecule has 12 heavy (non-hydrogen) atoms. The fourth-order valence-corrected chi connectivity index (χ4v) is 1.31. The van der Waals surface area contributed by atoms with Gasteiger partial charge in [-0.05, 0) is 13.2 Å². The lowest BCUT2D eigenvalue weighted by molar-refractivity contribution is -0.252. The van der Waals surface area contributed by atoms with Crippen molar-refractivity contribution in [3.63, 3.8) is 0 Å². The zero-order valence-corrected chi connectivity index (χ0v) is 8.98. The Hall–Kier alpha value is -0.640. The number of hydrogen-bond donors (Lipinski definition) is 0. The van der Waals surface area contributed by atoms with Gasteiger partial charge in [-0.2, -0.15) is 0 Å². The highest BCUT2D eigenvalue weighted by atomic mass is 32.2. The third-order valence-corrected chi connectivity index (χ3v) is 2.15. The fourth-order valence-electron chi connectivity index (χ4n) is 0.775. The number of thioether (sulfide) groups is 1. The van der Waals surface area contributed by atoms with Gasteiger partial charge in [0.2, 0.25) is 5.84 Å². The maximum atomic E-state index is 4.23. The van der Waals surface area contributed by atoms with Gasteiger partial charge in [-0.25, -0.2) is 4.58 Å². The van der Waals surface area contributed by atoms with Crippen molar-refractivity contribution in [2.75, 3.05) is 19.8 Å². The van der Waals surface area contributed by atoms with E-state index in [1.165, 1.54) is 0 Å². The van der Waals surface area contributed by atoms with Crippen molar-refractivity contribution in [2.45, 2.75) is 13.8 Å². The predicted octanol–water partition coefficient (Wildman–Crippen LogP) is 1.49. The molecule has 0 spiro atoms. The summed E-state index contributed by atoms with van der Waals surface area (Å²) in [6, 6.07) is 0. The van der Waals surface area contributed by atoms with E-state index in [0.29, 0.717) is 0 Å². The van der Waals surface area contributed by atoms with E-state index in [1.54, 1.807) is 23.4 Å². The molecule has 0 atom stereocenters. The maximum absolute atomic E-state index is 4.23. The molecule has 68 valence electrons. The Bertz CT molecular complexity index is 218. The lowest BCUT2D eigenvalue weighted by Gasteiger charge is -2.00. The van der Waals surface area contributed by atoms with Crippen LogP contribution in [0.1, 0.15) is 13.8 Å². The van der Waals surface area contributed by atoms with Crippen LogP contribution in [0.15, 0.2) is 9.98 Å². The molecule has 0 aliphatic rings. The van der Waals surface area contributed by atoms with Gasteiger partial charge in [0, 0.05) is 13.6 Å². The van der Waals surface area contributed by atoms with E-state index in [9.17, 15) is 0 Å². The Morgan fingerprint density at radius 2 is 2.17 bits per heavy atom. The van der Waals surface area contributed by atoms with Crippen molar-refractivity contribution in [2.24, 2.45) is 9.98 Å².